The van der Waals surface area contributed by atoms with Gasteiger partial charge in [0.05, 0.1) is 22.9 Å². The molecule has 3 aromatic heterocycles. The lowest BCUT2D eigenvalue weighted by molar-refractivity contribution is 0.582. The van der Waals surface area contributed by atoms with Crippen LogP contribution in [-0.2, 0) is 7.05 Å². The van der Waals surface area contributed by atoms with Crippen molar-refractivity contribution >= 4 is 33.4 Å². The molecule has 0 amide bonds. The van der Waals surface area contributed by atoms with Gasteiger partial charge in [-0.15, -0.1) is 0 Å². The van der Waals surface area contributed by atoms with Crippen LogP contribution in [0.15, 0.2) is 54.9 Å². The number of aryl methyl sites for hydroxylation is 2. The number of rotatable bonds is 2. The van der Waals surface area contributed by atoms with E-state index in [4.69, 9.17) is 16.7 Å². The number of hydrogen-bond acceptors (Lipinski definition) is 3. The van der Waals surface area contributed by atoms with E-state index in [0.29, 0.717) is 10.7 Å². The molecule has 0 unspecified atom stereocenters. The number of hydrogen-bond donors (Lipinski definition) is 0. The molecule has 2 aromatic carbocycles. The standard InChI is InChI=1S/C21H15ClFN5/c1-12-17(22)8-7-15-20(14-4-3-5-18-16(14)11-27(2)25-18)26-28(21(12)15)13-6-9-19(23)24-10-13/h3-11H,1-2H3. The second kappa shape index (κ2) is 6.14. The third-order valence-electron chi connectivity index (χ3n) is 4.91. The third-order valence-corrected chi connectivity index (χ3v) is 5.32. The highest BCUT2D eigenvalue weighted by Gasteiger charge is 2.19. The summed E-state index contributed by atoms with van der Waals surface area (Å²) in [5.41, 5.74) is 5.14. The molecule has 5 aromatic rings. The van der Waals surface area contributed by atoms with Crippen LogP contribution in [0.2, 0.25) is 5.02 Å². The fourth-order valence-corrected chi connectivity index (χ4v) is 3.74. The second-order valence-corrected chi connectivity index (χ2v) is 7.12. The topological polar surface area (TPSA) is 48.5 Å². The molecule has 5 nitrogen and oxygen atoms in total. The Kier molecular flexibility index (Phi) is 3.70. The van der Waals surface area contributed by atoms with E-state index in [2.05, 4.69) is 10.1 Å². The molecule has 0 radical (unpaired) electrons. The van der Waals surface area contributed by atoms with Gasteiger partial charge in [-0.25, -0.2) is 9.67 Å². The zero-order valence-electron chi connectivity index (χ0n) is 15.2. The van der Waals surface area contributed by atoms with Gasteiger partial charge in [-0.3, -0.25) is 4.68 Å². The minimum Gasteiger partial charge on any atom is -0.275 e. The van der Waals surface area contributed by atoms with Crippen molar-refractivity contribution in [2.24, 2.45) is 7.05 Å². The quantitative estimate of drug-likeness (QED) is 0.394. The molecule has 0 atom stereocenters. The monoisotopic (exact) mass is 391 g/mol. The SMILES string of the molecule is Cc1c(Cl)ccc2c(-c3cccc4nn(C)cc34)nn(-c3ccc(F)nc3)c12. The Hall–Kier alpha value is -3.25. The van der Waals surface area contributed by atoms with Crippen LogP contribution in [0.1, 0.15) is 5.56 Å². The highest BCUT2D eigenvalue weighted by Crippen LogP contribution is 2.37. The number of fused-ring (bicyclic) bond motifs is 2. The molecular weight excluding hydrogens is 377 g/mol. The van der Waals surface area contributed by atoms with E-state index in [1.807, 2.05) is 50.5 Å². The molecule has 28 heavy (non-hydrogen) atoms. The van der Waals surface area contributed by atoms with E-state index in [0.717, 1.165) is 38.6 Å². The lowest BCUT2D eigenvalue weighted by Gasteiger charge is -2.06. The molecule has 0 saturated carbocycles. The van der Waals surface area contributed by atoms with Gasteiger partial charge in [0, 0.05) is 34.6 Å². The summed E-state index contributed by atoms with van der Waals surface area (Å²) in [5.74, 6) is -0.532. The fraction of sp³-hybridized carbons (Fsp3) is 0.0952. The van der Waals surface area contributed by atoms with Gasteiger partial charge in [0.25, 0.3) is 0 Å². The Balaban J connectivity index is 1.88. The van der Waals surface area contributed by atoms with Crippen molar-refractivity contribution in [2.75, 3.05) is 0 Å². The normalized spacial score (nSPS) is 11.6. The Bertz CT molecular complexity index is 1350. The average Bonchev–Trinajstić information content (AvgIpc) is 3.25. The van der Waals surface area contributed by atoms with Crippen molar-refractivity contribution in [2.45, 2.75) is 6.92 Å². The highest BCUT2D eigenvalue weighted by atomic mass is 35.5. The van der Waals surface area contributed by atoms with Crippen LogP contribution < -0.4 is 0 Å². The maximum absolute atomic E-state index is 13.3. The van der Waals surface area contributed by atoms with Crippen molar-refractivity contribution < 1.29 is 4.39 Å². The van der Waals surface area contributed by atoms with E-state index in [9.17, 15) is 4.39 Å². The van der Waals surface area contributed by atoms with Gasteiger partial charge in [-0.2, -0.15) is 14.6 Å². The lowest BCUT2D eigenvalue weighted by Crippen LogP contribution is -1.99. The summed E-state index contributed by atoms with van der Waals surface area (Å²) >= 11 is 6.40. The summed E-state index contributed by atoms with van der Waals surface area (Å²) < 4.78 is 16.9. The maximum Gasteiger partial charge on any atom is 0.212 e. The number of nitrogens with zero attached hydrogens (tertiary/aromatic N) is 5. The summed E-state index contributed by atoms with van der Waals surface area (Å²) in [6.45, 7) is 1.95. The molecule has 7 heteroatoms. The summed E-state index contributed by atoms with van der Waals surface area (Å²) in [5, 5.41) is 12.0. The van der Waals surface area contributed by atoms with Crippen molar-refractivity contribution in [1.29, 1.82) is 0 Å². The van der Waals surface area contributed by atoms with Crippen LogP contribution in [0.3, 0.4) is 0 Å². The first-order valence-electron chi connectivity index (χ1n) is 8.75. The van der Waals surface area contributed by atoms with Crippen LogP contribution in [0.4, 0.5) is 4.39 Å². The van der Waals surface area contributed by atoms with Crippen LogP contribution >= 0.6 is 11.6 Å². The zero-order chi connectivity index (χ0) is 19.4. The number of aromatic nitrogens is 5. The van der Waals surface area contributed by atoms with Gasteiger partial charge in [-0.05, 0) is 42.8 Å². The molecule has 138 valence electrons. The predicted octanol–water partition coefficient (Wildman–Crippen LogP) is 5.08. The van der Waals surface area contributed by atoms with Crippen LogP contribution in [-0.4, -0.2) is 24.5 Å². The predicted molar refractivity (Wildman–Crippen MR) is 108 cm³/mol. The van der Waals surface area contributed by atoms with Gasteiger partial charge in [-0.1, -0.05) is 23.7 Å². The molecular formula is C21H15ClFN5. The minimum absolute atomic E-state index is 0.532. The Morgan fingerprint density at radius 3 is 2.64 bits per heavy atom. The van der Waals surface area contributed by atoms with Crippen molar-refractivity contribution in [3.63, 3.8) is 0 Å². The van der Waals surface area contributed by atoms with E-state index in [1.54, 1.807) is 15.4 Å². The molecule has 0 aliphatic carbocycles. The number of benzene rings is 2. The van der Waals surface area contributed by atoms with Gasteiger partial charge in [0.15, 0.2) is 0 Å². The van der Waals surface area contributed by atoms with Crippen molar-refractivity contribution in [3.05, 3.63) is 71.4 Å². The molecule has 0 N–H and O–H groups in total. The lowest BCUT2D eigenvalue weighted by atomic mass is 10.0. The molecule has 0 fully saturated rings. The molecule has 3 heterocycles. The Labute approximate surface area is 165 Å². The number of halogens is 2. The smallest absolute Gasteiger partial charge is 0.212 e. The molecule has 0 bridgehead atoms. The summed E-state index contributed by atoms with van der Waals surface area (Å²) in [6.07, 6.45) is 3.45. The molecule has 0 aliphatic rings. The average molecular weight is 392 g/mol. The molecule has 0 aliphatic heterocycles. The van der Waals surface area contributed by atoms with E-state index < -0.39 is 5.95 Å². The van der Waals surface area contributed by atoms with Crippen LogP contribution in [0.5, 0.6) is 0 Å². The van der Waals surface area contributed by atoms with Gasteiger partial charge in [0.1, 0.15) is 5.69 Å². The van der Waals surface area contributed by atoms with E-state index >= 15 is 0 Å². The van der Waals surface area contributed by atoms with Crippen molar-refractivity contribution in [3.8, 4) is 16.9 Å². The molecule has 0 spiro atoms. The first kappa shape index (κ1) is 16.9. The first-order chi connectivity index (χ1) is 13.5. The van der Waals surface area contributed by atoms with Gasteiger partial charge < -0.3 is 0 Å². The van der Waals surface area contributed by atoms with Crippen LogP contribution in [0.25, 0.3) is 38.8 Å². The van der Waals surface area contributed by atoms with Crippen LogP contribution in [0, 0.1) is 12.9 Å². The van der Waals surface area contributed by atoms with Gasteiger partial charge in [0.2, 0.25) is 5.95 Å². The third kappa shape index (κ3) is 2.49. The fourth-order valence-electron chi connectivity index (χ4n) is 3.59. The van der Waals surface area contributed by atoms with Gasteiger partial charge >= 0.3 is 0 Å². The first-order valence-corrected chi connectivity index (χ1v) is 9.13. The highest BCUT2D eigenvalue weighted by molar-refractivity contribution is 6.32. The molecule has 5 rings (SSSR count). The van der Waals surface area contributed by atoms with E-state index in [-0.39, 0.29) is 0 Å². The summed E-state index contributed by atoms with van der Waals surface area (Å²) in [6, 6.07) is 12.8. The minimum atomic E-state index is -0.532. The zero-order valence-corrected chi connectivity index (χ0v) is 15.9. The molecule has 0 saturated heterocycles. The summed E-state index contributed by atoms with van der Waals surface area (Å²) in [7, 11) is 1.90. The second-order valence-electron chi connectivity index (χ2n) is 6.71. The number of pyridine rings is 1. The van der Waals surface area contributed by atoms with E-state index in [1.165, 1.54) is 12.3 Å². The Morgan fingerprint density at radius 1 is 1.00 bits per heavy atom. The largest absolute Gasteiger partial charge is 0.275 e. The maximum atomic E-state index is 13.3. The van der Waals surface area contributed by atoms with Crippen molar-refractivity contribution in [1.82, 2.24) is 24.5 Å². The summed E-state index contributed by atoms with van der Waals surface area (Å²) in [4.78, 5) is 3.78. The Morgan fingerprint density at radius 2 is 1.86 bits per heavy atom.